The summed E-state index contributed by atoms with van der Waals surface area (Å²) in [4.78, 5) is 0. The Labute approximate surface area is 88.5 Å². The summed E-state index contributed by atoms with van der Waals surface area (Å²) in [5.41, 5.74) is 0.461. The normalized spacial score (nSPS) is 13.5. The maximum absolute atomic E-state index is 10.8. The molecule has 0 saturated carbocycles. The number of rotatable bonds is 4. The van der Waals surface area contributed by atoms with Gasteiger partial charge in [-0.2, -0.15) is 0 Å². The van der Waals surface area contributed by atoms with E-state index in [2.05, 4.69) is 0 Å². The first-order valence-corrected chi connectivity index (χ1v) is 5.96. The molecule has 0 spiro atoms. The highest BCUT2D eigenvalue weighted by atomic mass is 32.2. The Morgan fingerprint density at radius 2 is 2.20 bits per heavy atom. The van der Waals surface area contributed by atoms with Crippen LogP contribution >= 0.6 is 0 Å². The Bertz CT molecular complexity index is 429. The third-order valence-corrected chi connectivity index (χ3v) is 2.65. The Morgan fingerprint density at radius 1 is 1.53 bits per heavy atom. The molecule has 1 rings (SSSR count). The number of methoxy groups -OCH3 is 1. The van der Waals surface area contributed by atoms with Crippen LogP contribution in [0.3, 0.4) is 0 Å². The minimum Gasteiger partial charge on any atom is -0.497 e. The molecule has 1 atom stereocenters. The van der Waals surface area contributed by atoms with E-state index in [0.29, 0.717) is 11.3 Å². The summed E-state index contributed by atoms with van der Waals surface area (Å²) in [5, 5.41) is 14.4. The summed E-state index contributed by atoms with van der Waals surface area (Å²) < 4.78 is 26.5. The summed E-state index contributed by atoms with van der Waals surface area (Å²) in [6.07, 6.45) is -1.13. The highest BCUT2D eigenvalue weighted by molar-refractivity contribution is 7.89. The Hall–Kier alpha value is -1.11. The lowest BCUT2D eigenvalue weighted by Gasteiger charge is -2.10. The van der Waals surface area contributed by atoms with Gasteiger partial charge in [-0.15, -0.1) is 0 Å². The van der Waals surface area contributed by atoms with E-state index in [0.717, 1.165) is 0 Å². The second kappa shape index (κ2) is 4.61. The molecule has 6 heteroatoms. The number of nitrogens with two attached hydrogens (primary N) is 1. The minimum absolute atomic E-state index is 0.461. The fourth-order valence-electron chi connectivity index (χ4n) is 1.17. The zero-order valence-electron chi connectivity index (χ0n) is 8.25. The Kier molecular flexibility index (Phi) is 3.67. The number of aliphatic hydroxyl groups excluding tert-OH is 1. The molecular weight excluding hydrogens is 218 g/mol. The van der Waals surface area contributed by atoms with E-state index in [1.165, 1.54) is 7.11 Å². The van der Waals surface area contributed by atoms with Gasteiger partial charge in [0.15, 0.2) is 0 Å². The molecule has 0 saturated heterocycles. The summed E-state index contributed by atoms with van der Waals surface area (Å²) in [7, 11) is -2.19. The molecule has 1 unspecified atom stereocenters. The van der Waals surface area contributed by atoms with Gasteiger partial charge in [0.1, 0.15) is 5.75 Å². The lowest BCUT2D eigenvalue weighted by Crippen LogP contribution is -2.21. The van der Waals surface area contributed by atoms with Crippen molar-refractivity contribution in [1.82, 2.24) is 0 Å². The van der Waals surface area contributed by atoms with Gasteiger partial charge in [0.25, 0.3) is 0 Å². The number of hydrogen-bond acceptors (Lipinski definition) is 4. The molecule has 0 fully saturated rings. The first-order chi connectivity index (χ1) is 6.92. The van der Waals surface area contributed by atoms with Crippen molar-refractivity contribution in [2.24, 2.45) is 5.14 Å². The van der Waals surface area contributed by atoms with Gasteiger partial charge in [0.05, 0.1) is 19.0 Å². The Morgan fingerprint density at radius 3 is 2.73 bits per heavy atom. The van der Waals surface area contributed by atoms with Crippen molar-refractivity contribution in [2.45, 2.75) is 6.10 Å². The maximum Gasteiger partial charge on any atom is 0.211 e. The first-order valence-electron chi connectivity index (χ1n) is 4.25. The molecule has 0 amide bonds. The van der Waals surface area contributed by atoms with Crippen LogP contribution in [0.2, 0.25) is 0 Å². The summed E-state index contributed by atoms with van der Waals surface area (Å²) in [6.45, 7) is 0. The molecule has 1 aromatic carbocycles. The van der Waals surface area contributed by atoms with Crippen LogP contribution in [-0.4, -0.2) is 26.4 Å². The van der Waals surface area contributed by atoms with E-state index < -0.39 is 21.9 Å². The summed E-state index contributed by atoms with van der Waals surface area (Å²) in [5.74, 6) is 0.0566. The van der Waals surface area contributed by atoms with Crippen molar-refractivity contribution >= 4 is 10.0 Å². The third-order valence-electron chi connectivity index (χ3n) is 1.87. The van der Waals surface area contributed by atoms with Crippen molar-refractivity contribution in [3.8, 4) is 5.75 Å². The van der Waals surface area contributed by atoms with Gasteiger partial charge in [-0.3, -0.25) is 0 Å². The Balaban J connectivity index is 2.86. The van der Waals surface area contributed by atoms with Crippen LogP contribution in [-0.2, 0) is 10.0 Å². The summed E-state index contributed by atoms with van der Waals surface area (Å²) >= 11 is 0. The van der Waals surface area contributed by atoms with Crippen molar-refractivity contribution in [3.63, 3.8) is 0 Å². The monoisotopic (exact) mass is 231 g/mol. The topological polar surface area (TPSA) is 89.6 Å². The highest BCUT2D eigenvalue weighted by Gasteiger charge is 2.15. The quantitative estimate of drug-likeness (QED) is 0.764. The lowest BCUT2D eigenvalue weighted by atomic mass is 10.1. The largest absolute Gasteiger partial charge is 0.497 e. The predicted molar refractivity (Wildman–Crippen MR) is 55.9 cm³/mol. The lowest BCUT2D eigenvalue weighted by molar-refractivity contribution is 0.201. The van der Waals surface area contributed by atoms with E-state index in [9.17, 15) is 13.5 Å². The number of primary sulfonamides is 1. The minimum atomic E-state index is -3.68. The molecule has 0 aliphatic rings. The fourth-order valence-corrected chi connectivity index (χ4v) is 1.80. The van der Waals surface area contributed by atoms with Crippen molar-refractivity contribution < 1.29 is 18.3 Å². The molecule has 84 valence electrons. The van der Waals surface area contributed by atoms with Crippen LogP contribution in [0.15, 0.2) is 24.3 Å². The van der Waals surface area contributed by atoms with E-state index in [1.54, 1.807) is 24.3 Å². The van der Waals surface area contributed by atoms with Crippen LogP contribution in [0.5, 0.6) is 5.75 Å². The molecule has 1 aromatic rings. The summed E-state index contributed by atoms with van der Waals surface area (Å²) in [6, 6.07) is 6.54. The molecule has 0 bridgehead atoms. The number of aliphatic hydroxyl groups is 1. The van der Waals surface area contributed by atoms with Crippen LogP contribution in [0, 0.1) is 0 Å². The average molecular weight is 231 g/mol. The van der Waals surface area contributed by atoms with Gasteiger partial charge < -0.3 is 9.84 Å². The zero-order chi connectivity index (χ0) is 11.5. The number of ether oxygens (including phenoxy) is 1. The molecule has 5 nitrogen and oxygen atoms in total. The van der Waals surface area contributed by atoms with Crippen molar-refractivity contribution in [2.75, 3.05) is 12.9 Å². The fraction of sp³-hybridized carbons (Fsp3) is 0.333. The van der Waals surface area contributed by atoms with Crippen LogP contribution < -0.4 is 9.88 Å². The molecule has 3 N–H and O–H groups in total. The molecule has 0 aliphatic carbocycles. The van der Waals surface area contributed by atoms with Crippen molar-refractivity contribution in [3.05, 3.63) is 29.8 Å². The van der Waals surface area contributed by atoms with Gasteiger partial charge in [-0.05, 0) is 17.7 Å². The van der Waals surface area contributed by atoms with Crippen LogP contribution in [0.1, 0.15) is 11.7 Å². The average Bonchev–Trinajstić information content (AvgIpc) is 2.15. The second-order valence-corrected chi connectivity index (χ2v) is 4.78. The molecule has 0 heterocycles. The molecular formula is C9H13NO4S. The molecule has 0 aliphatic heterocycles. The molecule has 0 aromatic heterocycles. The van der Waals surface area contributed by atoms with Gasteiger partial charge in [-0.1, -0.05) is 12.1 Å². The van der Waals surface area contributed by atoms with Gasteiger partial charge in [-0.25, -0.2) is 13.6 Å². The van der Waals surface area contributed by atoms with E-state index >= 15 is 0 Å². The standard InChI is InChI=1S/C9H13NO4S/c1-14-8-4-2-3-7(5-8)9(11)6-15(10,12)13/h2-5,9,11H,6H2,1H3,(H2,10,12,13). The predicted octanol–water partition coefficient (Wildman–Crippen LogP) is 0.0171. The zero-order valence-corrected chi connectivity index (χ0v) is 9.07. The van der Waals surface area contributed by atoms with E-state index in [1.807, 2.05) is 0 Å². The highest BCUT2D eigenvalue weighted by Crippen LogP contribution is 2.19. The molecule has 15 heavy (non-hydrogen) atoms. The van der Waals surface area contributed by atoms with Crippen LogP contribution in [0.4, 0.5) is 0 Å². The van der Waals surface area contributed by atoms with Gasteiger partial charge >= 0.3 is 0 Å². The van der Waals surface area contributed by atoms with E-state index in [4.69, 9.17) is 9.88 Å². The number of hydrogen-bond donors (Lipinski definition) is 2. The van der Waals surface area contributed by atoms with Crippen LogP contribution in [0.25, 0.3) is 0 Å². The molecule has 0 radical (unpaired) electrons. The SMILES string of the molecule is COc1cccc(C(O)CS(N)(=O)=O)c1. The van der Waals surface area contributed by atoms with Gasteiger partial charge in [0.2, 0.25) is 10.0 Å². The second-order valence-electron chi connectivity index (χ2n) is 3.12. The smallest absolute Gasteiger partial charge is 0.211 e. The number of benzene rings is 1. The number of sulfonamides is 1. The first kappa shape index (κ1) is 12.0. The third kappa shape index (κ3) is 3.86. The van der Waals surface area contributed by atoms with E-state index in [-0.39, 0.29) is 0 Å². The maximum atomic E-state index is 10.8. The van der Waals surface area contributed by atoms with Crippen molar-refractivity contribution in [1.29, 1.82) is 0 Å². The van der Waals surface area contributed by atoms with Gasteiger partial charge in [0, 0.05) is 0 Å².